The van der Waals surface area contributed by atoms with Crippen LogP contribution in [0.4, 0.5) is 0 Å². The number of rotatable bonds is 1. The average molecular weight is 226 g/mol. The molecule has 0 aromatic heterocycles. The number of aromatic hydroxyl groups is 3. The number of aliphatic hydroxyl groups is 1. The smallest absolute Gasteiger partial charge is 0.351 e. The van der Waals surface area contributed by atoms with Crippen molar-refractivity contribution in [3.63, 3.8) is 0 Å². The van der Waals surface area contributed by atoms with E-state index in [4.69, 9.17) is 5.11 Å². The zero-order valence-electron chi connectivity index (χ0n) is 7.72. The van der Waals surface area contributed by atoms with Crippen LogP contribution in [0.3, 0.4) is 0 Å². The number of aliphatic hydroxyl groups excluding tert-OH is 1. The largest absolute Gasteiger partial charge is 0.506 e. The number of hydrogen-bond donors (Lipinski definition) is 4. The molecule has 2 rings (SSSR count). The highest BCUT2D eigenvalue weighted by Gasteiger charge is 2.39. The van der Waals surface area contributed by atoms with Gasteiger partial charge in [0.05, 0.1) is 12.2 Å². The molecule has 0 radical (unpaired) electrons. The molecule has 0 atom stereocenters. The zero-order valence-corrected chi connectivity index (χ0v) is 7.72. The maximum atomic E-state index is 11.2. The summed E-state index contributed by atoms with van der Waals surface area (Å²) in [4.78, 5) is 22.3. The minimum atomic E-state index is -1.16. The predicted molar refractivity (Wildman–Crippen MR) is 47.1 cm³/mol. The number of esters is 2. The molecule has 1 aliphatic heterocycles. The minimum Gasteiger partial charge on any atom is -0.506 e. The van der Waals surface area contributed by atoms with Crippen LogP contribution >= 0.6 is 0 Å². The number of carbonyl (C=O) groups excluding carboxylic acids is 2. The fourth-order valence-electron chi connectivity index (χ4n) is 1.49. The van der Waals surface area contributed by atoms with Crippen LogP contribution < -0.4 is 0 Å². The van der Waals surface area contributed by atoms with Crippen LogP contribution in [0.2, 0.25) is 0 Å². The van der Waals surface area contributed by atoms with E-state index in [-0.39, 0.29) is 0 Å². The molecular formula is C9H6O7. The van der Waals surface area contributed by atoms with Gasteiger partial charge in [-0.05, 0) is 0 Å². The summed E-state index contributed by atoms with van der Waals surface area (Å²) in [6.45, 7) is -0.806. The van der Waals surface area contributed by atoms with Crippen LogP contribution in [0.15, 0.2) is 0 Å². The number of hydrogen-bond acceptors (Lipinski definition) is 7. The Bertz CT molecular complexity index is 517. The Kier molecular flexibility index (Phi) is 1.99. The molecule has 0 amide bonds. The first-order valence-electron chi connectivity index (χ1n) is 4.16. The van der Waals surface area contributed by atoms with Crippen molar-refractivity contribution < 1.29 is 34.8 Å². The highest BCUT2D eigenvalue weighted by molar-refractivity contribution is 6.18. The third-order valence-corrected chi connectivity index (χ3v) is 2.27. The lowest BCUT2D eigenvalue weighted by Crippen LogP contribution is -1.98. The number of fused-ring (bicyclic) bond motifs is 1. The van der Waals surface area contributed by atoms with Gasteiger partial charge in [-0.15, -0.1) is 0 Å². The van der Waals surface area contributed by atoms with E-state index in [2.05, 4.69) is 4.74 Å². The lowest BCUT2D eigenvalue weighted by Gasteiger charge is -2.08. The molecule has 0 saturated carbocycles. The molecule has 7 heteroatoms. The first kappa shape index (κ1) is 10.2. The van der Waals surface area contributed by atoms with Crippen LogP contribution in [0.5, 0.6) is 17.2 Å². The van der Waals surface area contributed by atoms with Crippen LogP contribution in [0.1, 0.15) is 26.3 Å². The average Bonchev–Trinajstić information content (AvgIpc) is 2.52. The number of cyclic esters (lactones) is 2. The molecular weight excluding hydrogens is 220 g/mol. The molecule has 0 fully saturated rings. The van der Waals surface area contributed by atoms with Crippen molar-refractivity contribution in [2.24, 2.45) is 0 Å². The number of carbonyl (C=O) groups is 2. The van der Waals surface area contributed by atoms with E-state index in [0.717, 1.165) is 0 Å². The normalized spacial score (nSPS) is 13.8. The summed E-state index contributed by atoms with van der Waals surface area (Å²) in [5.74, 6) is -4.82. The number of phenolic OH excluding ortho intramolecular Hbond substituents is 1. The lowest BCUT2D eigenvalue weighted by atomic mass is 10.0. The van der Waals surface area contributed by atoms with Crippen molar-refractivity contribution in [2.45, 2.75) is 6.61 Å². The third-order valence-electron chi connectivity index (χ3n) is 2.27. The zero-order chi connectivity index (χ0) is 12.0. The quantitative estimate of drug-likeness (QED) is 0.222. The van der Waals surface area contributed by atoms with Gasteiger partial charge in [-0.2, -0.15) is 0 Å². The van der Waals surface area contributed by atoms with Gasteiger partial charge in [0.15, 0.2) is 11.5 Å². The summed E-state index contributed by atoms with van der Waals surface area (Å²) in [7, 11) is 0. The van der Waals surface area contributed by atoms with E-state index in [9.17, 15) is 24.9 Å². The van der Waals surface area contributed by atoms with Gasteiger partial charge in [0.2, 0.25) is 0 Å². The number of phenols is 3. The second-order valence-electron chi connectivity index (χ2n) is 3.11. The fraction of sp³-hybridized carbons (Fsp3) is 0.111. The predicted octanol–water partition coefficient (Wildman–Crippen LogP) is -0.394. The van der Waals surface area contributed by atoms with Gasteiger partial charge in [-0.3, -0.25) is 0 Å². The van der Waals surface area contributed by atoms with Gasteiger partial charge in [-0.25, -0.2) is 9.59 Å². The van der Waals surface area contributed by atoms with E-state index >= 15 is 0 Å². The molecule has 0 spiro atoms. The van der Waals surface area contributed by atoms with Crippen molar-refractivity contribution in [1.29, 1.82) is 0 Å². The van der Waals surface area contributed by atoms with E-state index < -0.39 is 52.5 Å². The SMILES string of the molecule is O=C1OC(=O)c2c(O)c(CO)c(O)c(O)c21. The molecule has 4 N–H and O–H groups in total. The Morgan fingerprint density at radius 2 is 1.38 bits per heavy atom. The standard InChI is InChI=1S/C9H6O7/c10-1-2-5(11)3-4(7(13)6(2)12)9(15)16-8(3)14/h10-13H,1H2. The monoisotopic (exact) mass is 226 g/mol. The topological polar surface area (TPSA) is 124 Å². The first-order chi connectivity index (χ1) is 7.49. The number of benzene rings is 1. The second kappa shape index (κ2) is 3.11. The molecule has 0 unspecified atom stereocenters. The van der Waals surface area contributed by atoms with Gasteiger partial charge >= 0.3 is 11.9 Å². The summed E-state index contributed by atoms with van der Waals surface area (Å²) >= 11 is 0. The Morgan fingerprint density at radius 1 is 0.875 bits per heavy atom. The van der Waals surface area contributed by atoms with Crippen LogP contribution in [-0.2, 0) is 11.3 Å². The highest BCUT2D eigenvalue weighted by Crippen LogP contribution is 2.45. The molecule has 84 valence electrons. The van der Waals surface area contributed by atoms with E-state index in [0.29, 0.717) is 0 Å². The maximum Gasteiger partial charge on any atom is 0.351 e. The van der Waals surface area contributed by atoms with Crippen LogP contribution in [0, 0.1) is 0 Å². The molecule has 0 saturated heterocycles. The number of ether oxygens (including phenoxy) is 1. The van der Waals surface area contributed by atoms with Crippen LogP contribution in [-0.4, -0.2) is 32.4 Å². The van der Waals surface area contributed by atoms with Crippen molar-refractivity contribution in [2.75, 3.05) is 0 Å². The lowest BCUT2D eigenvalue weighted by molar-refractivity contribution is 0.0442. The highest BCUT2D eigenvalue weighted by atomic mass is 16.6. The van der Waals surface area contributed by atoms with E-state index in [1.165, 1.54) is 0 Å². The Morgan fingerprint density at radius 3 is 1.88 bits per heavy atom. The van der Waals surface area contributed by atoms with Gasteiger partial charge in [0, 0.05) is 0 Å². The summed E-state index contributed by atoms with van der Waals surface area (Å²) in [5.41, 5.74) is -1.59. The van der Waals surface area contributed by atoms with Gasteiger partial charge in [-0.1, -0.05) is 0 Å². The van der Waals surface area contributed by atoms with E-state index in [1.54, 1.807) is 0 Å². The van der Waals surface area contributed by atoms with Gasteiger partial charge in [0.1, 0.15) is 16.9 Å². The molecule has 1 aliphatic rings. The van der Waals surface area contributed by atoms with E-state index in [1.807, 2.05) is 0 Å². The molecule has 0 aliphatic carbocycles. The Balaban J connectivity index is 2.88. The van der Waals surface area contributed by atoms with Gasteiger partial charge in [0.25, 0.3) is 0 Å². The molecule has 0 bridgehead atoms. The molecule has 1 aromatic rings. The van der Waals surface area contributed by atoms with Crippen molar-refractivity contribution in [3.8, 4) is 17.2 Å². The summed E-state index contributed by atoms with van der Waals surface area (Å²) in [6.07, 6.45) is 0. The third kappa shape index (κ3) is 1.06. The van der Waals surface area contributed by atoms with Crippen molar-refractivity contribution >= 4 is 11.9 Å². The molecule has 7 nitrogen and oxygen atoms in total. The van der Waals surface area contributed by atoms with Crippen molar-refractivity contribution in [1.82, 2.24) is 0 Å². The molecule has 16 heavy (non-hydrogen) atoms. The molecule has 1 heterocycles. The van der Waals surface area contributed by atoms with Crippen LogP contribution in [0.25, 0.3) is 0 Å². The summed E-state index contributed by atoms with van der Waals surface area (Å²) < 4.78 is 4.16. The fourth-order valence-corrected chi connectivity index (χ4v) is 1.49. The Labute approximate surface area is 88.1 Å². The summed E-state index contributed by atoms with van der Waals surface area (Å²) in [6, 6.07) is 0. The minimum absolute atomic E-state index is 0.442. The van der Waals surface area contributed by atoms with Crippen molar-refractivity contribution in [3.05, 3.63) is 16.7 Å². The first-order valence-corrected chi connectivity index (χ1v) is 4.16. The second-order valence-corrected chi connectivity index (χ2v) is 3.11. The summed E-state index contributed by atoms with van der Waals surface area (Å²) in [5, 5.41) is 37.1. The molecule has 1 aromatic carbocycles. The Hall–Kier alpha value is -2.28. The van der Waals surface area contributed by atoms with Gasteiger partial charge < -0.3 is 25.2 Å². The maximum absolute atomic E-state index is 11.2.